The fourth-order valence-corrected chi connectivity index (χ4v) is 2.79. The van der Waals surface area contributed by atoms with Crippen molar-refractivity contribution in [3.63, 3.8) is 0 Å². The molecule has 3 aromatic rings. The minimum atomic E-state index is -0.784. The van der Waals surface area contributed by atoms with Crippen LogP contribution in [0, 0.1) is 10.1 Å². The van der Waals surface area contributed by atoms with E-state index in [4.69, 9.17) is 0 Å². The smallest absolute Gasteiger partial charge is 0.316 e. The van der Waals surface area contributed by atoms with Crippen LogP contribution >= 0.6 is 0 Å². The lowest BCUT2D eigenvalue weighted by Crippen LogP contribution is -2.36. The number of nitro benzene ring substituents is 1. The number of nitrogens with zero attached hydrogens (tertiary/aromatic N) is 4. The summed E-state index contributed by atoms with van der Waals surface area (Å²) >= 11 is 0. The summed E-state index contributed by atoms with van der Waals surface area (Å²) in [5, 5.41) is 11.4. The summed E-state index contributed by atoms with van der Waals surface area (Å²) in [5.41, 5.74) is -0.625. The van der Waals surface area contributed by atoms with Gasteiger partial charge in [-0.15, -0.1) is 0 Å². The summed E-state index contributed by atoms with van der Waals surface area (Å²) in [6, 6.07) is 2.82. The third-order valence-electron chi connectivity index (χ3n) is 4.04. The number of hydrogen-bond donors (Lipinski definition) is 1. The molecule has 25 heavy (non-hydrogen) atoms. The van der Waals surface area contributed by atoms with Crippen LogP contribution in [0.5, 0.6) is 0 Å². The third-order valence-corrected chi connectivity index (χ3v) is 4.04. The summed E-state index contributed by atoms with van der Waals surface area (Å²) in [6.07, 6.45) is 7.17. The van der Waals surface area contributed by atoms with Crippen LogP contribution in [0.3, 0.4) is 0 Å². The number of imidazole rings is 1. The van der Waals surface area contributed by atoms with Gasteiger partial charge in [0.25, 0.3) is 5.69 Å². The van der Waals surface area contributed by atoms with Crippen molar-refractivity contribution in [2.75, 3.05) is 0 Å². The number of nitro groups is 1. The van der Waals surface area contributed by atoms with Crippen molar-refractivity contribution in [1.29, 1.82) is 0 Å². The second-order valence-electron chi connectivity index (χ2n) is 5.70. The quantitative estimate of drug-likeness (QED) is 0.318. The number of nitrogens with one attached hydrogen (secondary N) is 1. The van der Waals surface area contributed by atoms with Crippen molar-refractivity contribution in [2.45, 2.75) is 32.7 Å². The van der Waals surface area contributed by atoms with Crippen molar-refractivity contribution in [1.82, 2.24) is 19.1 Å². The van der Waals surface area contributed by atoms with Gasteiger partial charge < -0.3 is 14.1 Å². The second-order valence-corrected chi connectivity index (χ2v) is 5.70. The van der Waals surface area contributed by atoms with Gasteiger partial charge in [0.15, 0.2) is 0 Å². The van der Waals surface area contributed by atoms with Crippen molar-refractivity contribution in [3.8, 4) is 5.69 Å². The van der Waals surface area contributed by atoms with E-state index in [1.165, 1.54) is 27.7 Å². The Morgan fingerprint density at radius 3 is 2.72 bits per heavy atom. The Labute approximate surface area is 141 Å². The van der Waals surface area contributed by atoms with E-state index in [0.717, 1.165) is 19.3 Å². The number of aromatic nitrogens is 4. The molecule has 0 radical (unpaired) electrons. The maximum atomic E-state index is 12.3. The Morgan fingerprint density at radius 2 is 2.08 bits per heavy atom. The Morgan fingerprint density at radius 1 is 1.28 bits per heavy atom. The van der Waals surface area contributed by atoms with E-state index in [9.17, 15) is 19.7 Å². The SMILES string of the molecule is CCCCCn1c(=O)c(=O)[nH]c2cc([N+](=O)[O-])c(-n3ccnc3)cc21. The number of rotatable bonds is 6. The molecule has 9 heteroatoms. The van der Waals surface area contributed by atoms with E-state index in [1.807, 2.05) is 6.92 Å². The number of benzene rings is 1. The molecule has 0 spiro atoms. The molecule has 1 N–H and O–H groups in total. The van der Waals surface area contributed by atoms with Gasteiger partial charge in [-0.2, -0.15) is 0 Å². The fourth-order valence-electron chi connectivity index (χ4n) is 2.79. The lowest BCUT2D eigenvalue weighted by molar-refractivity contribution is -0.384. The molecule has 2 heterocycles. The number of aromatic amines is 1. The average Bonchev–Trinajstić information content (AvgIpc) is 3.11. The van der Waals surface area contributed by atoms with E-state index >= 15 is 0 Å². The molecular formula is C16H17N5O4. The second kappa shape index (κ2) is 6.71. The largest absolute Gasteiger partial charge is 0.316 e. The van der Waals surface area contributed by atoms with Gasteiger partial charge in [0, 0.05) is 25.0 Å². The first-order valence-corrected chi connectivity index (χ1v) is 7.96. The number of H-pyrrole nitrogens is 1. The minimum absolute atomic E-state index is 0.181. The molecule has 0 aliphatic rings. The van der Waals surface area contributed by atoms with Crippen LogP contribution in [-0.2, 0) is 6.54 Å². The van der Waals surface area contributed by atoms with Gasteiger partial charge in [-0.1, -0.05) is 19.8 Å². The summed E-state index contributed by atoms with van der Waals surface area (Å²) in [7, 11) is 0. The first-order chi connectivity index (χ1) is 12.0. The molecule has 0 atom stereocenters. The normalized spacial score (nSPS) is 11.1. The fraction of sp³-hybridized carbons (Fsp3) is 0.312. The van der Waals surface area contributed by atoms with Gasteiger partial charge in [0.1, 0.15) is 5.69 Å². The van der Waals surface area contributed by atoms with Gasteiger partial charge >= 0.3 is 11.1 Å². The molecule has 2 aromatic heterocycles. The Hall–Kier alpha value is -3.23. The van der Waals surface area contributed by atoms with E-state index < -0.39 is 16.0 Å². The molecule has 9 nitrogen and oxygen atoms in total. The lowest BCUT2D eigenvalue weighted by atomic mass is 10.2. The van der Waals surface area contributed by atoms with E-state index in [1.54, 1.807) is 12.3 Å². The number of fused-ring (bicyclic) bond motifs is 1. The maximum absolute atomic E-state index is 12.3. The van der Waals surface area contributed by atoms with Crippen LogP contribution in [0.2, 0.25) is 0 Å². The highest BCUT2D eigenvalue weighted by atomic mass is 16.6. The molecular weight excluding hydrogens is 326 g/mol. The van der Waals surface area contributed by atoms with Crippen LogP contribution in [0.25, 0.3) is 16.7 Å². The number of aryl methyl sites for hydroxylation is 1. The van der Waals surface area contributed by atoms with Crippen LogP contribution in [0.1, 0.15) is 26.2 Å². The molecule has 0 fully saturated rings. The zero-order chi connectivity index (χ0) is 18.0. The topological polar surface area (TPSA) is 116 Å². The van der Waals surface area contributed by atoms with Crippen LogP contribution in [-0.4, -0.2) is 24.0 Å². The molecule has 0 aliphatic heterocycles. The Balaban J connectivity index is 2.30. The van der Waals surface area contributed by atoms with Gasteiger partial charge in [0.2, 0.25) is 0 Å². The summed E-state index contributed by atoms with van der Waals surface area (Å²) in [6.45, 7) is 2.42. The highest BCUT2D eigenvalue weighted by Crippen LogP contribution is 2.27. The van der Waals surface area contributed by atoms with E-state index in [2.05, 4.69) is 9.97 Å². The summed E-state index contributed by atoms with van der Waals surface area (Å²) in [4.78, 5) is 41.4. The van der Waals surface area contributed by atoms with Gasteiger partial charge in [-0.25, -0.2) is 4.98 Å². The van der Waals surface area contributed by atoms with E-state index in [-0.39, 0.29) is 16.9 Å². The predicted molar refractivity (Wildman–Crippen MR) is 92.1 cm³/mol. The Bertz CT molecular complexity index is 1030. The summed E-state index contributed by atoms with van der Waals surface area (Å²) in [5.74, 6) is 0. The van der Waals surface area contributed by atoms with Crippen molar-refractivity contribution in [2.24, 2.45) is 0 Å². The van der Waals surface area contributed by atoms with E-state index in [0.29, 0.717) is 12.1 Å². The first-order valence-electron chi connectivity index (χ1n) is 7.96. The highest BCUT2D eigenvalue weighted by Gasteiger charge is 2.19. The van der Waals surface area contributed by atoms with Crippen molar-refractivity contribution in [3.05, 3.63) is 61.7 Å². The number of hydrogen-bond acceptors (Lipinski definition) is 5. The Kier molecular flexibility index (Phi) is 4.46. The van der Waals surface area contributed by atoms with Crippen molar-refractivity contribution < 1.29 is 4.92 Å². The predicted octanol–water partition coefficient (Wildman–Crippen LogP) is 1.97. The maximum Gasteiger partial charge on any atom is 0.316 e. The number of unbranched alkanes of at least 4 members (excludes halogenated alkanes) is 2. The first kappa shape index (κ1) is 16.6. The summed E-state index contributed by atoms with van der Waals surface area (Å²) < 4.78 is 2.89. The lowest BCUT2D eigenvalue weighted by Gasteiger charge is -2.12. The molecule has 0 saturated heterocycles. The van der Waals surface area contributed by atoms with Gasteiger partial charge in [0.05, 0.1) is 22.3 Å². The standard InChI is InChI=1S/C16H17N5O4/c1-2-3-4-6-20-12-9-13(19-7-5-17-10-19)14(21(24)25)8-11(12)18-15(22)16(20)23/h5,7-10H,2-4,6H2,1H3,(H,18,22). The van der Waals surface area contributed by atoms with Crippen LogP contribution in [0.15, 0.2) is 40.4 Å². The average molecular weight is 343 g/mol. The molecule has 130 valence electrons. The molecule has 1 aromatic carbocycles. The molecule has 3 rings (SSSR count). The third kappa shape index (κ3) is 3.08. The van der Waals surface area contributed by atoms with Gasteiger partial charge in [-0.3, -0.25) is 19.7 Å². The zero-order valence-electron chi connectivity index (χ0n) is 13.6. The molecule has 0 bridgehead atoms. The monoisotopic (exact) mass is 343 g/mol. The van der Waals surface area contributed by atoms with Crippen LogP contribution in [0.4, 0.5) is 5.69 Å². The highest BCUT2D eigenvalue weighted by molar-refractivity contribution is 5.82. The van der Waals surface area contributed by atoms with Crippen LogP contribution < -0.4 is 11.1 Å². The van der Waals surface area contributed by atoms with Gasteiger partial charge in [-0.05, 0) is 12.5 Å². The molecule has 0 saturated carbocycles. The van der Waals surface area contributed by atoms with Crippen molar-refractivity contribution >= 4 is 16.7 Å². The molecule has 0 unspecified atom stereocenters. The zero-order valence-corrected chi connectivity index (χ0v) is 13.6. The molecule has 0 aliphatic carbocycles. The minimum Gasteiger partial charge on any atom is -0.316 e. The molecule has 0 amide bonds.